The van der Waals surface area contributed by atoms with Crippen molar-refractivity contribution in [3.8, 4) is 5.75 Å². The van der Waals surface area contributed by atoms with Gasteiger partial charge in [0.1, 0.15) is 5.75 Å². The quantitative estimate of drug-likeness (QED) is 0.861. The Labute approximate surface area is 97.6 Å². The molecule has 2 rings (SSSR count). The van der Waals surface area contributed by atoms with E-state index >= 15 is 0 Å². The molecule has 82 valence electrons. The summed E-state index contributed by atoms with van der Waals surface area (Å²) in [4.78, 5) is 0. The maximum atomic E-state index is 9.26. The first-order valence-corrected chi connectivity index (χ1v) is 5.76. The molecular weight excluding hydrogens is 258 g/mol. The second kappa shape index (κ2) is 4.51. The van der Waals surface area contributed by atoms with E-state index in [2.05, 4.69) is 21.2 Å². The first-order chi connectivity index (χ1) is 7.26. The predicted octanol–water partition coefficient (Wildman–Crippen LogP) is 1.71. The van der Waals surface area contributed by atoms with E-state index in [9.17, 15) is 5.11 Å². The number of fused-ring (bicyclic) bond motifs is 1. The van der Waals surface area contributed by atoms with Gasteiger partial charge in [-0.1, -0.05) is 15.9 Å². The summed E-state index contributed by atoms with van der Waals surface area (Å²) in [6.45, 7) is 0.702. The van der Waals surface area contributed by atoms with Crippen LogP contribution in [0, 0.1) is 5.92 Å². The number of aliphatic hydroxyl groups is 1. The summed E-state index contributed by atoms with van der Waals surface area (Å²) in [5.41, 5.74) is 1.11. The molecule has 2 atom stereocenters. The van der Waals surface area contributed by atoms with Crippen molar-refractivity contribution in [2.45, 2.75) is 6.04 Å². The maximum absolute atomic E-state index is 9.26. The van der Waals surface area contributed by atoms with Crippen molar-refractivity contribution in [3.05, 3.63) is 28.2 Å². The number of halogens is 1. The van der Waals surface area contributed by atoms with E-state index in [0.29, 0.717) is 6.61 Å². The van der Waals surface area contributed by atoms with Crippen molar-refractivity contribution in [1.29, 1.82) is 0 Å². The monoisotopic (exact) mass is 271 g/mol. The Morgan fingerprint density at radius 3 is 3.07 bits per heavy atom. The van der Waals surface area contributed by atoms with Crippen LogP contribution in [-0.4, -0.2) is 25.4 Å². The summed E-state index contributed by atoms with van der Waals surface area (Å²) in [6.07, 6.45) is 0. The normalized spacial score (nSPS) is 24.5. The molecule has 1 aliphatic heterocycles. The van der Waals surface area contributed by atoms with E-state index in [0.717, 1.165) is 15.8 Å². The molecule has 1 aliphatic rings. The van der Waals surface area contributed by atoms with Crippen molar-refractivity contribution in [2.75, 3.05) is 20.3 Å². The van der Waals surface area contributed by atoms with Crippen molar-refractivity contribution >= 4 is 15.9 Å². The Morgan fingerprint density at radius 2 is 2.40 bits per heavy atom. The number of benzene rings is 1. The van der Waals surface area contributed by atoms with Gasteiger partial charge in [0.25, 0.3) is 0 Å². The molecule has 1 aromatic carbocycles. The highest BCUT2D eigenvalue weighted by molar-refractivity contribution is 9.10. The van der Waals surface area contributed by atoms with Gasteiger partial charge >= 0.3 is 0 Å². The van der Waals surface area contributed by atoms with Gasteiger partial charge in [-0.3, -0.25) is 0 Å². The lowest BCUT2D eigenvalue weighted by atomic mass is 9.91. The Kier molecular flexibility index (Phi) is 3.29. The van der Waals surface area contributed by atoms with E-state index in [1.54, 1.807) is 0 Å². The van der Waals surface area contributed by atoms with Crippen LogP contribution in [0.25, 0.3) is 0 Å². The Morgan fingerprint density at radius 1 is 1.60 bits per heavy atom. The van der Waals surface area contributed by atoms with Crippen LogP contribution in [0.15, 0.2) is 22.7 Å². The molecule has 1 aromatic rings. The van der Waals surface area contributed by atoms with Crippen LogP contribution in [0.1, 0.15) is 11.6 Å². The first-order valence-electron chi connectivity index (χ1n) is 4.96. The van der Waals surface area contributed by atoms with Gasteiger partial charge in [-0.2, -0.15) is 0 Å². The third-order valence-corrected chi connectivity index (χ3v) is 3.27. The SMILES string of the molecule is CN[C@@H]1c2cc(Br)ccc2OC[C@@H]1CO. The smallest absolute Gasteiger partial charge is 0.124 e. The molecule has 4 heteroatoms. The molecular formula is C11H14BrNO2. The van der Waals surface area contributed by atoms with Gasteiger partial charge in [0.2, 0.25) is 0 Å². The van der Waals surface area contributed by atoms with Crippen molar-refractivity contribution in [1.82, 2.24) is 5.32 Å². The fourth-order valence-electron chi connectivity index (χ4n) is 1.99. The van der Waals surface area contributed by atoms with Crippen LogP contribution in [-0.2, 0) is 0 Å². The second-order valence-corrected chi connectivity index (χ2v) is 4.62. The van der Waals surface area contributed by atoms with E-state index in [1.165, 1.54) is 0 Å². The van der Waals surface area contributed by atoms with Gasteiger partial charge in [-0.25, -0.2) is 0 Å². The minimum absolute atomic E-state index is 0.122. The molecule has 0 saturated heterocycles. The van der Waals surface area contributed by atoms with Gasteiger partial charge < -0.3 is 15.2 Å². The third-order valence-electron chi connectivity index (χ3n) is 2.78. The Hall–Kier alpha value is -0.580. The molecule has 0 bridgehead atoms. The molecule has 15 heavy (non-hydrogen) atoms. The summed E-state index contributed by atoms with van der Waals surface area (Å²) in [5, 5.41) is 12.5. The molecule has 0 amide bonds. The van der Waals surface area contributed by atoms with Crippen LogP contribution < -0.4 is 10.1 Å². The lowest BCUT2D eigenvalue weighted by molar-refractivity contribution is 0.114. The zero-order valence-corrected chi connectivity index (χ0v) is 10.1. The van der Waals surface area contributed by atoms with E-state index < -0.39 is 0 Å². The molecule has 0 aromatic heterocycles. The van der Waals surface area contributed by atoms with Gasteiger partial charge in [0.05, 0.1) is 13.2 Å². The molecule has 0 saturated carbocycles. The molecule has 3 nitrogen and oxygen atoms in total. The molecule has 1 heterocycles. The molecule has 0 aliphatic carbocycles. The minimum atomic E-state index is 0.122. The van der Waals surface area contributed by atoms with Crippen LogP contribution in [0.2, 0.25) is 0 Å². The van der Waals surface area contributed by atoms with Gasteiger partial charge in [0, 0.05) is 22.0 Å². The molecule has 0 radical (unpaired) electrons. The number of nitrogens with one attached hydrogen (secondary N) is 1. The fraction of sp³-hybridized carbons (Fsp3) is 0.455. The zero-order chi connectivity index (χ0) is 10.8. The Balaban J connectivity index is 2.39. The van der Waals surface area contributed by atoms with E-state index in [-0.39, 0.29) is 18.6 Å². The predicted molar refractivity (Wildman–Crippen MR) is 62.0 cm³/mol. The average molecular weight is 272 g/mol. The Bertz CT molecular complexity index is 356. The van der Waals surface area contributed by atoms with Gasteiger partial charge in [0.15, 0.2) is 0 Å². The highest BCUT2D eigenvalue weighted by Crippen LogP contribution is 2.36. The van der Waals surface area contributed by atoms with Crippen LogP contribution in [0.4, 0.5) is 0 Å². The highest BCUT2D eigenvalue weighted by Gasteiger charge is 2.29. The van der Waals surface area contributed by atoms with Crippen LogP contribution in [0.5, 0.6) is 5.75 Å². The minimum Gasteiger partial charge on any atom is -0.493 e. The fourth-order valence-corrected chi connectivity index (χ4v) is 2.37. The van der Waals surface area contributed by atoms with Crippen LogP contribution >= 0.6 is 15.9 Å². The zero-order valence-electron chi connectivity index (χ0n) is 8.53. The van der Waals surface area contributed by atoms with Crippen molar-refractivity contribution < 1.29 is 9.84 Å². The lowest BCUT2D eigenvalue weighted by Gasteiger charge is -2.32. The first kappa shape index (κ1) is 10.9. The maximum Gasteiger partial charge on any atom is 0.124 e. The molecule has 0 unspecified atom stereocenters. The summed E-state index contributed by atoms with van der Waals surface area (Å²) in [6, 6.07) is 6.12. The van der Waals surface area contributed by atoms with E-state index in [4.69, 9.17) is 4.74 Å². The van der Waals surface area contributed by atoms with E-state index in [1.807, 2.05) is 25.2 Å². The topological polar surface area (TPSA) is 41.5 Å². The average Bonchev–Trinajstić information content (AvgIpc) is 2.27. The van der Waals surface area contributed by atoms with Crippen molar-refractivity contribution in [2.24, 2.45) is 5.92 Å². The molecule has 0 spiro atoms. The number of hydrogen-bond acceptors (Lipinski definition) is 3. The van der Waals surface area contributed by atoms with Gasteiger partial charge in [-0.05, 0) is 25.2 Å². The number of aliphatic hydroxyl groups excluding tert-OH is 1. The summed E-state index contributed by atoms with van der Waals surface area (Å²) in [5.74, 6) is 1.03. The standard InChI is InChI=1S/C11H14BrNO2/c1-13-11-7(5-14)6-15-10-3-2-8(12)4-9(10)11/h2-4,7,11,13-14H,5-6H2,1H3/t7-,11-/m0/s1. The van der Waals surface area contributed by atoms with Crippen LogP contribution in [0.3, 0.4) is 0 Å². The lowest BCUT2D eigenvalue weighted by Crippen LogP contribution is -2.35. The largest absolute Gasteiger partial charge is 0.493 e. The second-order valence-electron chi connectivity index (χ2n) is 3.70. The van der Waals surface area contributed by atoms with Gasteiger partial charge in [-0.15, -0.1) is 0 Å². The number of ether oxygens (including phenoxy) is 1. The summed E-state index contributed by atoms with van der Waals surface area (Å²) >= 11 is 3.44. The van der Waals surface area contributed by atoms with Crippen molar-refractivity contribution in [3.63, 3.8) is 0 Å². The summed E-state index contributed by atoms with van der Waals surface area (Å²) in [7, 11) is 1.91. The molecule has 0 fully saturated rings. The summed E-state index contributed by atoms with van der Waals surface area (Å²) < 4.78 is 6.62. The highest BCUT2D eigenvalue weighted by atomic mass is 79.9. The molecule has 2 N–H and O–H groups in total. The third kappa shape index (κ3) is 2.02. The number of rotatable bonds is 2. The number of hydrogen-bond donors (Lipinski definition) is 2.